The number of aldehydes is 1. The van der Waals surface area contributed by atoms with Gasteiger partial charge in [-0.25, -0.2) is 0 Å². The predicted octanol–water partition coefficient (Wildman–Crippen LogP) is 3.26. The van der Waals surface area contributed by atoms with Gasteiger partial charge in [0.1, 0.15) is 11.9 Å². The third-order valence-electron chi connectivity index (χ3n) is 2.12. The molecule has 0 aromatic heterocycles. The van der Waals surface area contributed by atoms with E-state index in [0.29, 0.717) is 12.8 Å². The maximum atomic E-state index is 11.3. The van der Waals surface area contributed by atoms with E-state index in [1.54, 1.807) is 0 Å². The van der Waals surface area contributed by atoms with Crippen LogP contribution in [0.2, 0.25) is 0 Å². The molecule has 0 bridgehead atoms. The number of rotatable bonds is 8. The van der Waals surface area contributed by atoms with Crippen molar-refractivity contribution in [2.24, 2.45) is 0 Å². The monoisotopic (exact) mass is 228 g/mol. The zero-order valence-electron chi connectivity index (χ0n) is 10.8. The molecule has 0 N–H and O–H groups in total. The van der Waals surface area contributed by atoms with Crippen LogP contribution < -0.4 is 0 Å². The Bertz CT molecular complexity index is 204. The average Bonchev–Trinajstić information content (AvgIpc) is 2.13. The minimum Gasteiger partial charge on any atom is -0.460 e. The van der Waals surface area contributed by atoms with Crippen molar-refractivity contribution in [1.82, 2.24) is 0 Å². The first-order valence-electron chi connectivity index (χ1n) is 6.11. The van der Waals surface area contributed by atoms with E-state index in [1.165, 1.54) is 0 Å². The van der Waals surface area contributed by atoms with Crippen molar-refractivity contribution in [3.05, 3.63) is 0 Å². The maximum Gasteiger partial charge on any atom is 0.306 e. The van der Waals surface area contributed by atoms with Gasteiger partial charge in [-0.3, -0.25) is 4.79 Å². The third-order valence-corrected chi connectivity index (χ3v) is 2.12. The molecule has 0 atom stereocenters. The molecule has 0 saturated heterocycles. The number of carbonyl (C=O) groups is 2. The van der Waals surface area contributed by atoms with Gasteiger partial charge in [0.15, 0.2) is 0 Å². The summed E-state index contributed by atoms with van der Waals surface area (Å²) in [5, 5.41) is 0. The van der Waals surface area contributed by atoms with Crippen LogP contribution in [0, 0.1) is 0 Å². The van der Waals surface area contributed by atoms with E-state index in [4.69, 9.17) is 4.74 Å². The SMILES string of the molecule is CC(C)(C)OC(=O)CCCCCCCC=O. The second-order valence-electron chi connectivity index (χ2n) is 5.06. The Labute approximate surface area is 98.6 Å². The third kappa shape index (κ3) is 11.2. The number of unbranched alkanes of at least 4 members (excludes halogenated alkanes) is 5. The normalized spacial score (nSPS) is 11.2. The Morgan fingerprint density at radius 1 is 1.06 bits per heavy atom. The zero-order chi connectivity index (χ0) is 12.4. The molecule has 16 heavy (non-hydrogen) atoms. The fraction of sp³-hybridized carbons (Fsp3) is 0.846. The van der Waals surface area contributed by atoms with E-state index in [-0.39, 0.29) is 11.6 Å². The maximum absolute atomic E-state index is 11.3. The average molecular weight is 228 g/mol. The standard InChI is InChI=1S/C13H24O3/c1-13(2,3)16-12(15)10-8-6-4-5-7-9-11-14/h11H,4-10H2,1-3H3. The number of carbonyl (C=O) groups excluding carboxylic acids is 2. The highest BCUT2D eigenvalue weighted by molar-refractivity contribution is 5.69. The first-order valence-corrected chi connectivity index (χ1v) is 6.11. The van der Waals surface area contributed by atoms with Crippen molar-refractivity contribution in [1.29, 1.82) is 0 Å². The molecule has 0 aliphatic rings. The number of hydrogen-bond donors (Lipinski definition) is 0. The van der Waals surface area contributed by atoms with Crippen molar-refractivity contribution in [3.63, 3.8) is 0 Å². The van der Waals surface area contributed by atoms with Gasteiger partial charge in [0, 0.05) is 12.8 Å². The Hall–Kier alpha value is -0.860. The Morgan fingerprint density at radius 2 is 1.62 bits per heavy atom. The van der Waals surface area contributed by atoms with E-state index in [2.05, 4.69) is 0 Å². The van der Waals surface area contributed by atoms with Crippen LogP contribution >= 0.6 is 0 Å². The van der Waals surface area contributed by atoms with E-state index in [9.17, 15) is 9.59 Å². The lowest BCUT2D eigenvalue weighted by Crippen LogP contribution is -2.23. The van der Waals surface area contributed by atoms with Gasteiger partial charge in [-0.15, -0.1) is 0 Å². The fourth-order valence-electron chi connectivity index (χ4n) is 1.42. The molecule has 0 heterocycles. The first-order chi connectivity index (χ1) is 7.45. The number of hydrogen-bond acceptors (Lipinski definition) is 3. The molecule has 0 aliphatic heterocycles. The highest BCUT2D eigenvalue weighted by Gasteiger charge is 2.15. The first kappa shape index (κ1) is 15.1. The molecule has 0 aromatic rings. The lowest BCUT2D eigenvalue weighted by atomic mass is 10.1. The quantitative estimate of drug-likeness (QED) is 0.364. The minimum atomic E-state index is -0.374. The summed E-state index contributed by atoms with van der Waals surface area (Å²) in [5.41, 5.74) is -0.374. The molecule has 0 aliphatic carbocycles. The molecule has 94 valence electrons. The van der Waals surface area contributed by atoms with E-state index in [1.807, 2.05) is 20.8 Å². The van der Waals surface area contributed by atoms with Crippen molar-refractivity contribution < 1.29 is 14.3 Å². The summed E-state index contributed by atoms with van der Waals surface area (Å²) in [4.78, 5) is 21.4. The van der Waals surface area contributed by atoms with Gasteiger partial charge in [0.25, 0.3) is 0 Å². The Morgan fingerprint density at radius 3 is 2.19 bits per heavy atom. The summed E-state index contributed by atoms with van der Waals surface area (Å²) in [7, 11) is 0. The van der Waals surface area contributed by atoms with Crippen LogP contribution in [0.4, 0.5) is 0 Å². The van der Waals surface area contributed by atoms with Gasteiger partial charge in [-0.2, -0.15) is 0 Å². The smallest absolute Gasteiger partial charge is 0.306 e. The topological polar surface area (TPSA) is 43.4 Å². The highest BCUT2D eigenvalue weighted by Crippen LogP contribution is 2.11. The van der Waals surface area contributed by atoms with Crippen molar-refractivity contribution in [2.75, 3.05) is 0 Å². The highest BCUT2D eigenvalue weighted by atomic mass is 16.6. The van der Waals surface area contributed by atoms with Gasteiger partial charge >= 0.3 is 5.97 Å². The fourth-order valence-corrected chi connectivity index (χ4v) is 1.42. The molecule has 0 spiro atoms. The van der Waals surface area contributed by atoms with Crippen molar-refractivity contribution in [2.45, 2.75) is 71.3 Å². The summed E-state index contributed by atoms with van der Waals surface area (Å²) in [6.07, 6.45) is 7.19. The van der Waals surface area contributed by atoms with Gasteiger partial charge in [-0.1, -0.05) is 19.3 Å². The largest absolute Gasteiger partial charge is 0.460 e. The van der Waals surface area contributed by atoms with Crippen molar-refractivity contribution in [3.8, 4) is 0 Å². The van der Waals surface area contributed by atoms with Crippen LogP contribution in [-0.2, 0) is 14.3 Å². The van der Waals surface area contributed by atoms with E-state index >= 15 is 0 Å². The molecule has 0 aromatic carbocycles. The van der Waals surface area contributed by atoms with Gasteiger partial charge in [0.2, 0.25) is 0 Å². The van der Waals surface area contributed by atoms with Crippen LogP contribution in [0.1, 0.15) is 65.7 Å². The Balaban J connectivity index is 3.31. The predicted molar refractivity (Wildman–Crippen MR) is 64.2 cm³/mol. The second kappa shape index (κ2) is 8.31. The summed E-state index contributed by atoms with van der Waals surface area (Å²) in [6, 6.07) is 0. The molecule has 0 rings (SSSR count). The van der Waals surface area contributed by atoms with Crippen LogP contribution in [0.3, 0.4) is 0 Å². The number of ether oxygens (including phenoxy) is 1. The van der Waals surface area contributed by atoms with Gasteiger partial charge < -0.3 is 9.53 Å². The van der Waals surface area contributed by atoms with Gasteiger partial charge in [-0.05, 0) is 33.6 Å². The van der Waals surface area contributed by atoms with Gasteiger partial charge in [0.05, 0.1) is 0 Å². The summed E-state index contributed by atoms with van der Waals surface area (Å²) >= 11 is 0. The van der Waals surface area contributed by atoms with Crippen LogP contribution in [-0.4, -0.2) is 17.9 Å². The Kier molecular flexibility index (Phi) is 7.86. The molecule has 0 amide bonds. The molecule has 0 radical (unpaired) electrons. The van der Waals surface area contributed by atoms with Crippen molar-refractivity contribution >= 4 is 12.3 Å². The molecule has 0 unspecified atom stereocenters. The lowest BCUT2D eigenvalue weighted by Gasteiger charge is -2.19. The molecular weight excluding hydrogens is 204 g/mol. The second-order valence-corrected chi connectivity index (χ2v) is 5.06. The van der Waals surface area contributed by atoms with Crippen LogP contribution in [0.25, 0.3) is 0 Å². The molecule has 3 heteroatoms. The zero-order valence-corrected chi connectivity index (χ0v) is 10.8. The molecule has 3 nitrogen and oxygen atoms in total. The molecule has 0 saturated carbocycles. The van der Waals surface area contributed by atoms with Crippen LogP contribution in [0.5, 0.6) is 0 Å². The van der Waals surface area contributed by atoms with Crippen LogP contribution in [0.15, 0.2) is 0 Å². The number of esters is 1. The lowest BCUT2D eigenvalue weighted by molar-refractivity contribution is -0.154. The summed E-state index contributed by atoms with van der Waals surface area (Å²) < 4.78 is 5.20. The van der Waals surface area contributed by atoms with E-state index < -0.39 is 0 Å². The molecule has 0 fully saturated rings. The summed E-state index contributed by atoms with van der Waals surface area (Å²) in [6.45, 7) is 5.64. The van der Waals surface area contributed by atoms with E-state index in [0.717, 1.165) is 38.4 Å². The summed E-state index contributed by atoms with van der Waals surface area (Å²) in [5.74, 6) is -0.111. The molecular formula is C13H24O3. The minimum absolute atomic E-state index is 0.111.